The molecule has 1 unspecified atom stereocenters. The van der Waals surface area contributed by atoms with Crippen LogP contribution in [0.1, 0.15) is 31.2 Å². The van der Waals surface area contributed by atoms with Gasteiger partial charge in [0.1, 0.15) is 18.4 Å². The van der Waals surface area contributed by atoms with Gasteiger partial charge in [-0.3, -0.25) is 9.69 Å². The monoisotopic (exact) mass is 277 g/mol. The van der Waals surface area contributed by atoms with Gasteiger partial charge in [-0.2, -0.15) is 0 Å². The summed E-state index contributed by atoms with van der Waals surface area (Å²) in [7, 11) is 0. The van der Waals surface area contributed by atoms with Crippen LogP contribution in [-0.4, -0.2) is 41.7 Å². The van der Waals surface area contributed by atoms with Crippen LogP contribution in [0.25, 0.3) is 0 Å². The second kappa shape index (κ2) is 7.29. The summed E-state index contributed by atoms with van der Waals surface area (Å²) in [6.07, 6.45) is 3.96. The molecule has 1 aromatic rings. The van der Waals surface area contributed by atoms with E-state index in [1.807, 2.05) is 36.1 Å². The molecular weight excluding hydrogens is 254 g/mol. The number of nitrogens with zero attached hydrogens (tertiary/aromatic N) is 1. The number of likely N-dealkylation sites (tertiary alicyclic amines) is 1. The van der Waals surface area contributed by atoms with Crippen LogP contribution >= 0.6 is 0 Å². The maximum atomic E-state index is 11.3. The van der Waals surface area contributed by atoms with E-state index in [2.05, 4.69) is 0 Å². The van der Waals surface area contributed by atoms with E-state index in [4.69, 9.17) is 4.74 Å². The number of carboxylic acids is 1. The largest absolute Gasteiger partial charge is 0.492 e. The average molecular weight is 277 g/mol. The lowest BCUT2D eigenvalue weighted by molar-refractivity contribution is -0.143. The van der Waals surface area contributed by atoms with Gasteiger partial charge in [-0.15, -0.1) is 0 Å². The molecule has 1 fully saturated rings. The minimum Gasteiger partial charge on any atom is -0.492 e. The van der Waals surface area contributed by atoms with Gasteiger partial charge >= 0.3 is 5.97 Å². The molecule has 1 atom stereocenters. The minimum absolute atomic E-state index is 0.348. The molecule has 20 heavy (non-hydrogen) atoms. The molecule has 0 radical (unpaired) electrons. The zero-order chi connectivity index (χ0) is 14.4. The highest BCUT2D eigenvalue weighted by atomic mass is 16.5. The standard InChI is InChI=1S/C16H23NO3/c1-13-6-8-14(9-7-13)20-12-11-17-10-4-2-3-5-15(17)16(18)19/h6-9,15H,2-5,10-12H2,1H3,(H,18,19). The highest BCUT2D eigenvalue weighted by Crippen LogP contribution is 2.17. The first-order valence-electron chi connectivity index (χ1n) is 7.33. The normalized spacial score (nSPS) is 20.4. The maximum Gasteiger partial charge on any atom is 0.320 e. The Morgan fingerprint density at radius 3 is 2.75 bits per heavy atom. The Hall–Kier alpha value is -1.55. The third kappa shape index (κ3) is 4.23. The summed E-state index contributed by atoms with van der Waals surface area (Å²) in [5.41, 5.74) is 1.20. The lowest BCUT2D eigenvalue weighted by Gasteiger charge is -2.26. The van der Waals surface area contributed by atoms with Crippen LogP contribution < -0.4 is 4.74 Å². The predicted octanol–water partition coefficient (Wildman–Crippen LogP) is 2.70. The lowest BCUT2D eigenvalue weighted by atomic mass is 10.1. The molecule has 1 heterocycles. The number of hydrogen-bond acceptors (Lipinski definition) is 3. The predicted molar refractivity (Wildman–Crippen MR) is 78.1 cm³/mol. The molecule has 0 saturated carbocycles. The Morgan fingerprint density at radius 2 is 2.05 bits per heavy atom. The lowest BCUT2D eigenvalue weighted by Crippen LogP contribution is -2.42. The van der Waals surface area contributed by atoms with Crippen LogP contribution in [-0.2, 0) is 4.79 Å². The third-order valence-electron chi connectivity index (χ3n) is 3.82. The summed E-state index contributed by atoms with van der Waals surface area (Å²) >= 11 is 0. The van der Waals surface area contributed by atoms with Crippen molar-refractivity contribution in [1.82, 2.24) is 4.90 Å². The third-order valence-corrected chi connectivity index (χ3v) is 3.82. The highest BCUT2D eigenvalue weighted by molar-refractivity contribution is 5.73. The molecule has 4 nitrogen and oxygen atoms in total. The Labute approximate surface area is 120 Å². The molecule has 2 rings (SSSR count). The van der Waals surface area contributed by atoms with E-state index in [-0.39, 0.29) is 6.04 Å². The van der Waals surface area contributed by atoms with Gasteiger partial charge in [0.2, 0.25) is 0 Å². The van der Waals surface area contributed by atoms with Gasteiger partial charge in [0, 0.05) is 6.54 Å². The van der Waals surface area contributed by atoms with E-state index >= 15 is 0 Å². The number of hydrogen-bond donors (Lipinski definition) is 1. The van der Waals surface area contributed by atoms with Gasteiger partial charge in [-0.1, -0.05) is 30.5 Å². The number of benzene rings is 1. The quantitative estimate of drug-likeness (QED) is 0.899. The Morgan fingerprint density at radius 1 is 1.30 bits per heavy atom. The van der Waals surface area contributed by atoms with Crippen molar-refractivity contribution in [2.24, 2.45) is 0 Å². The summed E-state index contributed by atoms with van der Waals surface area (Å²) < 4.78 is 5.70. The molecule has 1 saturated heterocycles. The van der Waals surface area contributed by atoms with Crippen LogP contribution in [0, 0.1) is 6.92 Å². The van der Waals surface area contributed by atoms with Crippen molar-refractivity contribution in [3.05, 3.63) is 29.8 Å². The molecule has 0 bridgehead atoms. The Bertz CT molecular complexity index is 430. The zero-order valence-corrected chi connectivity index (χ0v) is 12.0. The van der Waals surface area contributed by atoms with Crippen molar-refractivity contribution in [2.75, 3.05) is 19.7 Å². The van der Waals surface area contributed by atoms with Crippen LogP contribution in [0.4, 0.5) is 0 Å². The van der Waals surface area contributed by atoms with Crippen LogP contribution in [0.15, 0.2) is 24.3 Å². The van der Waals surface area contributed by atoms with E-state index < -0.39 is 5.97 Å². The molecule has 4 heteroatoms. The average Bonchev–Trinajstić information content (AvgIpc) is 2.66. The van der Waals surface area contributed by atoms with E-state index in [9.17, 15) is 9.90 Å². The molecule has 1 aliphatic heterocycles. The van der Waals surface area contributed by atoms with E-state index in [1.165, 1.54) is 5.56 Å². The van der Waals surface area contributed by atoms with Gasteiger partial charge < -0.3 is 9.84 Å². The van der Waals surface area contributed by atoms with Crippen molar-refractivity contribution >= 4 is 5.97 Å². The fraction of sp³-hybridized carbons (Fsp3) is 0.562. The number of aryl methyl sites for hydroxylation is 1. The van der Waals surface area contributed by atoms with E-state index in [0.29, 0.717) is 13.2 Å². The zero-order valence-electron chi connectivity index (χ0n) is 12.0. The van der Waals surface area contributed by atoms with Crippen molar-refractivity contribution in [1.29, 1.82) is 0 Å². The summed E-state index contributed by atoms with van der Waals surface area (Å²) in [5.74, 6) is 0.138. The molecule has 0 spiro atoms. The number of carbonyl (C=O) groups is 1. The number of carboxylic acid groups (broad SMARTS) is 1. The Balaban J connectivity index is 1.84. The highest BCUT2D eigenvalue weighted by Gasteiger charge is 2.26. The van der Waals surface area contributed by atoms with Gasteiger partial charge in [0.05, 0.1) is 0 Å². The maximum absolute atomic E-state index is 11.3. The Kier molecular flexibility index (Phi) is 5.41. The first kappa shape index (κ1) is 14.9. The van der Waals surface area contributed by atoms with E-state index in [0.717, 1.165) is 38.0 Å². The van der Waals surface area contributed by atoms with E-state index in [1.54, 1.807) is 0 Å². The fourth-order valence-electron chi connectivity index (χ4n) is 2.63. The van der Waals surface area contributed by atoms with Crippen molar-refractivity contribution in [2.45, 2.75) is 38.6 Å². The minimum atomic E-state index is -0.706. The molecular formula is C16H23NO3. The number of rotatable bonds is 5. The molecule has 0 amide bonds. The molecule has 1 aliphatic rings. The second-order valence-corrected chi connectivity index (χ2v) is 5.40. The number of aliphatic carboxylic acids is 1. The first-order valence-corrected chi connectivity index (χ1v) is 7.33. The van der Waals surface area contributed by atoms with Crippen molar-refractivity contribution < 1.29 is 14.6 Å². The topological polar surface area (TPSA) is 49.8 Å². The van der Waals surface area contributed by atoms with Gasteiger partial charge in [-0.25, -0.2) is 0 Å². The van der Waals surface area contributed by atoms with Crippen molar-refractivity contribution in [3.63, 3.8) is 0 Å². The van der Waals surface area contributed by atoms with Crippen LogP contribution in [0.5, 0.6) is 5.75 Å². The van der Waals surface area contributed by atoms with Crippen molar-refractivity contribution in [3.8, 4) is 5.75 Å². The number of ether oxygens (including phenoxy) is 1. The SMILES string of the molecule is Cc1ccc(OCCN2CCCCCC2C(=O)O)cc1. The van der Waals surface area contributed by atoms with Crippen LogP contribution in [0.3, 0.4) is 0 Å². The van der Waals surface area contributed by atoms with Gasteiger partial charge in [-0.05, 0) is 38.4 Å². The first-order chi connectivity index (χ1) is 9.66. The summed E-state index contributed by atoms with van der Waals surface area (Å²) in [6, 6.07) is 7.58. The summed E-state index contributed by atoms with van der Waals surface area (Å²) in [5, 5.41) is 9.30. The summed E-state index contributed by atoms with van der Waals surface area (Å²) in [6.45, 7) is 4.10. The van der Waals surface area contributed by atoms with Crippen LogP contribution in [0.2, 0.25) is 0 Å². The molecule has 0 aliphatic carbocycles. The molecule has 1 aromatic carbocycles. The van der Waals surface area contributed by atoms with Gasteiger partial charge in [0.25, 0.3) is 0 Å². The molecule has 0 aromatic heterocycles. The molecule has 110 valence electrons. The fourth-order valence-corrected chi connectivity index (χ4v) is 2.63. The summed E-state index contributed by atoms with van der Waals surface area (Å²) in [4.78, 5) is 13.4. The second-order valence-electron chi connectivity index (χ2n) is 5.40. The smallest absolute Gasteiger partial charge is 0.320 e. The molecule has 1 N–H and O–H groups in total. The van der Waals surface area contributed by atoms with Gasteiger partial charge in [0.15, 0.2) is 0 Å².